The molecule has 2 aliphatic heterocycles. The van der Waals surface area contributed by atoms with Gasteiger partial charge in [0.15, 0.2) is 6.10 Å². The van der Waals surface area contributed by atoms with Crippen LogP contribution >= 0.6 is 0 Å². The molecule has 3 aliphatic carbocycles. The third-order valence-electron chi connectivity index (χ3n) is 7.22. The highest BCUT2D eigenvalue weighted by Crippen LogP contribution is 2.67. The number of fused-ring (bicyclic) bond motifs is 1. The maximum absolute atomic E-state index is 13.4. The topological polar surface area (TPSA) is 52.6 Å². The molecule has 2 saturated heterocycles. The van der Waals surface area contributed by atoms with Gasteiger partial charge in [-0.1, -0.05) is 55.5 Å². The van der Waals surface area contributed by atoms with Crippen molar-refractivity contribution in [2.24, 2.45) is 11.3 Å². The Morgan fingerprint density at radius 1 is 0.926 bits per heavy atom. The van der Waals surface area contributed by atoms with Crippen molar-refractivity contribution in [1.82, 2.24) is 0 Å². The standard InChI is InChI=1S/C23H20O4/c1-2-17-20-19(21(24)26-17)23(22(25)27-20)11-16-12-7-3-5-9-14(12)18(23)15-10-6-4-8-13(15)16/h3-10,16-20H,2,11H2,1H3/t16?,17-,18?,19-,20-,23-/m1/s1. The summed E-state index contributed by atoms with van der Waals surface area (Å²) in [7, 11) is 0. The minimum absolute atomic E-state index is 0.113. The number of carbonyl (C=O) groups is 2. The van der Waals surface area contributed by atoms with Crippen LogP contribution in [0.4, 0.5) is 0 Å². The fourth-order valence-electron chi connectivity index (χ4n) is 6.22. The van der Waals surface area contributed by atoms with Gasteiger partial charge in [0.25, 0.3) is 0 Å². The summed E-state index contributed by atoms with van der Waals surface area (Å²) in [6, 6.07) is 16.7. The highest BCUT2D eigenvalue weighted by molar-refractivity contribution is 5.93. The molecule has 0 N–H and O–H groups in total. The van der Waals surface area contributed by atoms with Crippen LogP contribution in [0.5, 0.6) is 0 Å². The lowest BCUT2D eigenvalue weighted by Crippen LogP contribution is -2.50. The van der Waals surface area contributed by atoms with Gasteiger partial charge in [-0.3, -0.25) is 9.59 Å². The van der Waals surface area contributed by atoms with Crippen LogP contribution in [0.25, 0.3) is 0 Å². The first kappa shape index (κ1) is 15.4. The van der Waals surface area contributed by atoms with E-state index in [0.717, 1.165) is 11.1 Å². The van der Waals surface area contributed by atoms with E-state index >= 15 is 0 Å². The molecule has 4 atom stereocenters. The van der Waals surface area contributed by atoms with Gasteiger partial charge in [0, 0.05) is 11.8 Å². The van der Waals surface area contributed by atoms with Crippen molar-refractivity contribution in [3.63, 3.8) is 0 Å². The average Bonchev–Trinajstić information content (AvgIpc) is 3.17. The number of hydrogen-bond donors (Lipinski definition) is 0. The van der Waals surface area contributed by atoms with Crippen LogP contribution in [0.2, 0.25) is 0 Å². The summed E-state index contributed by atoms with van der Waals surface area (Å²) in [5.74, 6) is -1.03. The van der Waals surface area contributed by atoms with Crippen LogP contribution in [-0.2, 0) is 19.1 Å². The lowest BCUT2D eigenvalue weighted by Gasteiger charge is -2.50. The zero-order valence-corrected chi connectivity index (χ0v) is 15.1. The summed E-state index contributed by atoms with van der Waals surface area (Å²) >= 11 is 0. The Balaban J connectivity index is 1.62. The molecule has 2 aromatic rings. The maximum Gasteiger partial charge on any atom is 0.314 e. The van der Waals surface area contributed by atoms with Crippen molar-refractivity contribution in [2.45, 2.75) is 43.8 Å². The van der Waals surface area contributed by atoms with E-state index in [2.05, 4.69) is 36.4 Å². The Morgan fingerprint density at radius 3 is 2.11 bits per heavy atom. The summed E-state index contributed by atoms with van der Waals surface area (Å²) in [6.45, 7) is 1.97. The highest BCUT2D eigenvalue weighted by Gasteiger charge is 2.72. The zero-order valence-electron chi connectivity index (χ0n) is 15.1. The van der Waals surface area contributed by atoms with Gasteiger partial charge in [0.1, 0.15) is 12.0 Å². The Hall–Kier alpha value is -2.62. The SMILES string of the molecule is CC[C@H]1OC(=O)[C@H]2[C@@H]1OC(=O)[C@@]21CC2c3ccccc3C1c1ccccc12. The quantitative estimate of drug-likeness (QED) is 0.730. The molecule has 0 aromatic heterocycles. The van der Waals surface area contributed by atoms with Gasteiger partial charge in [-0.25, -0.2) is 0 Å². The second-order valence-corrected chi connectivity index (χ2v) is 8.22. The molecule has 136 valence electrons. The molecule has 2 fully saturated rings. The molecule has 2 aromatic carbocycles. The number of ether oxygens (including phenoxy) is 2. The molecule has 2 heterocycles. The van der Waals surface area contributed by atoms with E-state index in [1.54, 1.807) is 0 Å². The van der Waals surface area contributed by atoms with Gasteiger partial charge in [0.05, 0.1) is 5.41 Å². The molecule has 4 heteroatoms. The summed E-state index contributed by atoms with van der Waals surface area (Å²) < 4.78 is 11.5. The highest BCUT2D eigenvalue weighted by atomic mass is 16.6. The molecule has 5 aliphatic rings. The first-order chi connectivity index (χ1) is 13.2. The van der Waals surface area contributed by atoms with E-state index in [-0.39, 0.29) is 29.9 Å². The molecular weight excluding hydrogens is 340 g/mol. The molecule has 27 heavy (non-hydrogen) atoms. The van der Waals surface area contributed by atoms with Crippen molar-refractivity contribution in [2.75, 3.05) is 0 Å². The summed E-state index contributed by atoms with van der Waals surface area (Å²) in [5.41, 5.74) is 4.04. The Labute approximate surface area is 157 Å². The van der Waals surface area contributed by atoms with Gasteiger partial charge >= 0.3 is 11.9 Å². The summed E-state index contributed by atoms with van der Waals surface area (Å²) in [5, 5.41) is 0. The minimum atomic E-state index is -0.848. The van der Waals surface area contributed by atoms with Gasteiger partial charge in [0.2, 0.25) is 0 Å². The van der Waals surface area contributed by atoms with Gasteiger partial charge < -0.3 is 9.47 Å². The second kappa shape index (κ2) is 5.00. The fraction of sp³-hybridized carbons (Fsp3) is 0.391. The molecule has 7 rings (SSSR count). The first-order valence-electron chi connectivity index (χ1n) is 9.76. The van der Waals surface area contributed by atoms with Crippen molar-refractivity contribution in [3.8, 4) is 0 Å². The molecule has 4 nitrogen and oxygen atoms in total. The van der Waals surface area contributed by atoms with E-state index in [0.29, 0.717) is 12.8 Å². The van der Waals surface area contributed by atoms with E-state index in [1.807, 2.05) is 19.1 Å². The normalized spacial score (nSPS) is 37.6. The largest absolute Gasteiger partial charge is 0.458 e. The lowest BCUT2D eigenvalue weighted by molar-refractivity contribution is -0.162. The maximum atomic E-state index is 13.4. The van der Waals surface area contributed by atoms with Crippen LogP contribution in [0.15, 0.2) is 48.5 Å². The van der Waals surface area contributed by atoms with Crippen LogP contribution in [-0.4, -0.2) is 24.1 Å². The number of carbonyl (C=O) groups excluding carboxylic acids is 2. The number of esters is 2. The molecular formula is C23H20O4. The fourth-order valence-corrected chi connectivity index (χ4v) is 6.22. The monoisotopic (exact) mass is 360 g/mol. The van der Waals surface area contributed by atoms with E-state index in [9.17, 15) is 9.59 Å². The van der Waals surface area contributed by atoms with Crippen LogP contribution in [0.1, 0.15) is 53.9 Å². The van der Waals surface area contributed by atoms with Crippen molar-refractivity contribution in [3.05, 3.63) is 70.8 Å². The third kappa shape index (κ3) is 1.65. The Kier molecular flexibility index (Phi) is 2.86. The lowest BCUT2D eigenvalue weighted by atomic mass is 9.48. The summed E-state index contributed by atoms with van der Waals surface area (Å²) in [6.07, 6.45) is 0.514. The van der Waals surface area contributed by atoms with Crippen LogP contribution < -0.4 is 0 Å². The number of benzene rings is 2. The smallest absolute Gasteiger partial charge is 0.314 e. The van der Waals surface area contributed by atoms with E-state index < -0.39 is 17.4 Å². The third-order valence-corrected chi connectivity index (χ3v) is 7.22. The minimum Gasteiger partial charge on any atom is -0.458 e. The van der Waals surface area contributed by atoms with Crippen LogP contribution in [0.3, 0.4) is 0 Å². The predicted molar refractivity (Wildman–Crippen MR) is 97.2 cm³/mol. The Morgan fingerprint density at radius 2 is 1.52 bits per heavy atom. The van der Waals surface area contributed by atoms with Crippen molar-refractivity contribution >= 4 is 11.9 Å². The molecule has 1 spiro atoms. The van der Waals surface area contributed by atoms with Gasteiger partial charge in [-0.05, 0) is 35.1 Å². The number of cyclic esters (lactones) is 1. The average molecular weight is 360 g/mol. The van der Waals surface area contributed by atoms with E-state index in [4.69, 9.17) is 9.47 Å². The van der Waals surface area contributed by atoms with E-state index in [1.165, 1.54) is 11.1 Å². The van der Waals surface area contributed by atoms with Crippen molar-refractivity contribution < 1.29 is 19.1 Å². The molecule has 0 amide bonds. The molecule has 0 unspecified atom stereocenters. The Bertz CT molecular complexity index is 948. The summed E-state index contributed by atoms with van der Waals surface area (Å²) in [4.78, 5) is 26.2. The van der Waals surface area contributed by atoms with Gasteiger partial charge in [-0.2, -0.15) is 0 Å². The number of rotatable bonds is 1. The van der Waals surface area contributed by atoms with Crippen LogP contribution in [0, 0.1) is 11.3 Å². The van der Waals surface area contributed by atoms with Gasteiger partial charge in [-0.15, -0.1) is 0 Å². The van der Waals surface area contributed by atoms with Crippen molar-refractivity contribution in [1.29, 1.82) is 0 Å². The molecule has 2 bridgehead atoms. The molecule has 0 saturated carbocycles. The first-order valence-corrected chi connectivity index (χ1v) is 9.76. The number of hydrogen-bond acceptors (Lipinski definition) is 4. The zero-order chi connectivity index (χ0) is 18.3. The predicted octanol–water partition coefficient (Wildman–Crippen LogP) is 3.53. The second-order valence-electron chi connectivity index (χ2n) is 8.22. The molecule has 0 radical (unpaired) electrons.